The Hall–Kier alpha value is -0.820. The maximum atomic E-state index is 6.07. The van der Waals surface area contributed by atoms with Gasteiger partial charge in [-0.2, -0.15) is 0 Å². The largest absolute Gasteiger partial charge is 0.259 e. The van der Waals surface area contributed by atoms with Gasteiger partial charge < -0.3 is 0 Å². The van der Waals surface area contributed by atoms with Crippen molar-refractivity contribution in [3.8, 4) is 0 Å². The lowest BCUT2D eigenvalue weighted by Crippen LogP contribution is -2.10. The van der Waals surface area contributed by atoms with E-state index in [1.165, 1.54) is 0 Å². The normalized spacial score (nSPS) is 15.5. The molecule has 0 fully saturated rings. The Balaban J connectivity index is 3.02. The summed E-state index contributed by atoms with van der Waals surface area (Å²) in [5.74, 6) is 0. The van der Waals surface area contributed by atoms with Gasteiger partial charge in [-0.1, -0.05) is 12.1 Å². The molecule has 0 spiro atoms. The highest BCUT2D eigenvalue weighted by atomic mass is 35.5. The standard InChI is InChI=1S/C9H10ClN/c1-3-9(2,10)8-6-4-5-7-11-8/h3-7H,1H2,2H3. The van der Waals surface area contributed by atoms with Gasteiger partial charge in [-0.3, -0.25) is 4.98 Å². The molecule has 0 N–H and O–H groups in total. The second-order valence-electron chi connectivity index (χ2n) is 2.49. The quantitative estimate of drug-likeness (QED) is 0.488. The topological polar surface area (TPSA) is 12.9 Å². The molecule has 1 aromatic rings. The second kappa shape index (κ2) is 3.05. The van der Waals surface area contributed by atoms with E-state index in [-0.39, 0.29) is 0 Å². The van der Waals surface area contributed by atoms with Crippen LogP contribution in [0.25, 0.3) is 0 Å². The van der Waals surface area contributed by atoms with E-state index < -0.39 is 4.87 Å². The van der Waals surface area contributed by atoms with Crippen LogP contribution in [0.3, 0.4) is 0 Å². The first-order valence-corrected chi connectivity index (χ1v) is 3.78. The molecular weight excluding hydrogens is 158 g/mol. The molecular formula is C9H10ClN. The molecule has 0 aliphatic heterocycles. The number of pyridine rings is 1. The minimum atomic E-state index is -0.540. The molecule has 0 saturated carbocycles. The molecule has 0 aliphatic rings. The molecule has 0 bridgehead atoms. The summed E-state index contributed by atoms with van der Waals surface area (Å²) in [6.07, 6.45) is 3.40. The molecule has 1 atom stereocenters. The maximum absolute atomic E-state index is 6.07. The van der Waals surface area contributed by atoms with Gasteiger partial charge in [-0.15, -0.1) is 18.2 Å². The van der Waals surface area contributed by atoms with Gasteiger partial charge >= 0.3 is 0 Å². The molecule has 0 aromatic carbocycles. The van der Waals surface area contributed by atoms with Gasteiger partial charge in [0.15, 0.2) is 0 Å². The summed E-state index contributed by atoms with van der Waals surface area (Å²) in [6, 6.07) is 5.65. The van der Waals surface area contributed by atoms with Crippen molar-refractivity contribution in [2.45, 2.75) is 11.8 Å². The molecule has 1 rings (SSSR count). The Bertz CT molecular complexity index is 241. The van der Waals surface area contributed by atoms with Crippen molar-refractivity contribution in [2.24, 2.45) is 0 Å². The summed E-state index contributed by atoms with van der Waals surface area (Å²) in [6.45, 7) is 5.50. The number of alkyl halides is 1. The molecule has 1 nitrogen and oxygen atoms in total. The zero-order valence-corrected chi connectivity index (χ0v) is 7.17. The van der Waals surface area contributed by atoms with Crippen LogP contribution in [0.1, 0.15) is 12.6 Å². The fraction of sp³-hybridized carbons (Fsp3) is 0.222. The molecule has 0 radical (unpaired) electrons. The smallest absolute Gasteiger partial charge is 0.101 e. The minimum Gasteiger partial charge on any atom is -0.259 e. The first-order valence-electron chi connectivity index (χ1n) is 3.41. The van der Waals surface area contributed by atoms with Crippen molar-refractivity contribution >= 4 is 11.6 Å². The zero-order chi connectivity index (χ0) is 8.32. The van der Waals surface area contributed by atoms with Crippen molar-refractivity contribution in [1.29, 1.82) is 0 Å². The zero-order valence-electron chi connectivity index (χ0n) is 6.42. The Morgan fingerprint density at radius 1 is 1.64 bits per heavy atom. The van der Waals surface area contributed by atoms with E-state index in [9.17, 15) is 0 Å². The number of halogens is 1. The number of hydrogen-bond donors (Lipinski definition) is 0. The number of allylic oxidation sites excluding steroid dienone is 1. The van der Waals surface area contributed by atoms with Crippen LogP contribution >= 0.6 is 11.6 Å². The van der Waals surface area contributed by atoms with E-state index >= 15 is 0 Å². The summed E-state index contributed by atoms with van der Waals surface area (Å²) in [7, 11) is 0. The van der Waals surface area contributed by atoms with Crippen LogP contribution in [-0.4, -0.2) is 4.98 Å². The Kier molecular flexibility index (Phi) is 2.30. The van der Waals surface area contributed by atoms with Gasteiger partial charge in [-0.05, 0) is 19.1 Å². The average Bonchev–Trinajstić information content (AvgIpc) is 2.06. The predicted octanol–water partition coefficient (Wildman–Crippen LogP) is 2.72. The Morgan fingerprint density at radius 3 is 2.82 bits per heavy atom. The van der Waals surface area contributed by atoms with Gasteiger partial charge in [0.25, 0.3) is 0 Å². The molecule has 0 saturated heterocycles. The summed E-state index contributed by atoms with van der Waals surface area (Å²) >= 11 is 6.07. The second-order valence-corrected chi connectivity index (χ2v) is 3.28. The maximum Gasteiger partial charge on any atom is 0.101 e. The van der Waals surface area contributed by atoms with Gasteiger partial charge in [0.1, 0.15) is 4.87 Å². The van der Waals surface area contributed by atoms with Crippen molar-refractivity contribution < 1.29 is 0 Å². The van der Waals surface area contributed by atoms with Gasteiger partial charge in [0.05, 0.1) is 5.69 Å². The van der Waals surface area contributed by atoms with Crippen LogP contribution in [0, 0.1) is 0 Å². The molecule has 2 heteroatoms. The average molecular weight is 168 g/mol. The summed E-state index contributed by atoms with van der Waals surface area (Å²) in [4.78, 5) is 3.58. The van der Waals surface area contributed by atoms with Crippen molar-refractivity contribution in [3.05, 3.63) is 42.7 Å². The monoisotopic (exact) mass is 167 g/mol. The highest BCUT2D eigenvalue weighted by molar-refractivity contribution is 6.24. The highest BCUT2D eigenvalue weighted by Crippen LogP contribution is 2.26. The predicted molar refractivity (Wildman–Crippen MR) is 47.6 cm³/mol. The van der Waals surface area contributed by atoms with Crippen LogP contribution in [0.4, 0.5) is 0 Å². The van der Waals surface area contributed by atoms with Crippen molar-refractivity contribution in [1.82, 2.24) is 4.98 Å². The summed E-state index contributed by atoms with van der Waals surface area (Å²) in [5, 5.41) is 0. The molecule has 1 heterocycles. The summed E-state index contributed by atoms with van der Waals surface area (Å²) < 4.78 is 0. The SMILES string of the molecule is C=CC(C)(Cl)c1ccccn1. The lowest BCUT2D eigenvalue weighted by molar-refractivity contribution is 0.819. The van der Waals surface area contributed by atoms with E-state index in [0.717, 1.165) is 5.69 Å². The third-order valence-electron chi connectivity index (χ3n) is 1.55. The molecule has 58 valence electrons. The Labute approximate surface area is 71.7 Å². The van der Waals surface area contributed by atoms with E-state index in [2.05, 4.69) is 11.6 Å². The third-order valence-corrected chi connectivity index (χ3v) is 1.90. The molecule has 1 unspecified atom stereocenters. The number of rotatable bonds is 2. The van der Waals surface area contributed by atoms with Gasteiger partial charge in [-0.25, -0.2) is 0 Å². The van der Waals surface area contributed by atoms with E-state index in [0.29, 0.717) is 0 Å². The fourth-order valence-corrected chi connectivity index (χ4v) is 0.868. The van der Waals surface area contributed by atoms with Crippen LogP contribution in [-0.2, 0) is 4.87 Å². The number of nitrogens with zero attached hydrogens (tertiary/aromatic N) is 1. The third kappa shape index (κ3) is 1.81. The van der Waals surface area contributed by atoms with Crippen molar-refractivity contribution in [3.63, 3.8) is 0 Å². The molecule has 0 amide bonds. The molecule has 1 aromatic heterocycles. The van der Waals surface area contributed by atoms with Crippen LogP contribution in [0.15, 0.2) is 37.1 Å². The van der Waals surface area contributed by atoms with Gasteiger partial charge in [0.2, 0.25) is 0 Å². The lowest BCUT2D eigenvalue weighted by Gasteiger charge is -2.15. The van der Waals surface area contributed by atoms with E-state index in [1.807, 2.05) is 25.1 Å². The van der Waals surface area contributed by atoms with E-state index in [4.69, 9.17) is 11.6 Å². The number of hydrogen-bond acceptors (Lipinski definition) is 1. The first-order chi connectivity index (χ1) is 5.17. The van der Waals surface area contributed by atoms with Crippen LogP contribution < -0.4 is 0 Å². The molecule has 0 aliphatic carbocycles. The number of aromatic nitrogens is 1. The van der Waals surface area contributed by atoms with Gasteiger partial charge in [0, 0.05) is 6.20 Å². The van der Waals surface area contributed by atoms with Crippen molar-refractivity contribution in [2.75, 3.05) is 0 Å². The first kappa shape index (κ1) is 8.28. The molecule has 11 heavy (non-hydrogen) atoms. The van der Waals surface area contributed by atoms with Crippen LogP contribution in [0.2, 0.25) is 0 Å². The minimum absolute atomic E-state index is 0.540. The highest BCUT2D eigenvalue weighted by Gasteiger charge is 2.19. The summed E-state index contributed by atoms with van der Waals surface area (Å²) in [5.41, 5.74) is 0.830. The van der Waals surface area contributed by atoms with Crippen LogP contribution in [0.5, 0.6) is 0 Å². The van der Waals surface area contributed by atoms with E-state index in [1.54, 1.807) is 12.3 Å². The fourth-order valence-electron chi connectivity index (χ4n) is 0.756. The lowest BCUT2D eigenvalue weighted by atomic mass is 10.1. The Morgan fingerprint density at radius 2 is 2.36 bits per heavy atom.